The van der Waals surface area contributed by atoms with Crippen LogP contribution in [0, 0.1) is 0 Å². The van der Waals surface area contributed by atoms with Crippen molar-refractivity contribution in [2.24, 2.45) is 0 Å². The molecule has 0 bridgehead atoms. The summed E-state index contributed by atoms with van der Waals surface area (Å²) < 4.78 is 20.4. The number of para-hydroxylation sites is 2. The highest BCUT2D eigenvalue weighted by atomic mass is 127. The molecular formula is C65H73I2N15O8. The maximum absolute atomic E-state index is 14.4. The van der Waals surface area contributed by atoms with E-state index in [4.69, 9.17) is 29.8 Å². The number of halogens is 2. The van der Waals surface area contributed by atoms with E-state index in [2.05, 4.69) is 85.7 Å². The Morgan fingerprint density at radius 3 is 1.43 bits per heavy atom. The van der Waals surface area contributed by atoms with Gasteiger partial charge in [0.1, 0.15) is 36.8 Å². The molecule has 2 unspecified atom stereocenters. The molecule has 4 atom stereocenters. The zero-order valence-electron chi connectivity index (χ0n) is 50.3. The zero-order valence-corrected chi connectivity index (χ0v) is 54.6. The SMILES string of the molecule is CC[C@H](Nc1ncnc2c1ncn2C1CCCCO1)c1nc2cccc(CCCCC(=O)NO)c2c(=O)n1-c1ccccc1.CC[C@H](Nc1ncnc2c1ncn2C1CCCCO1)c1nc2cccc(CCCCC(=O)O)c2c(=O)n1-c1ccccc1.ICI. The summed E-state index contributed by atoms with van der Waals surface area (Å²) in [7, 11) is 0. The van der Waals surface area contributed by atoms with Gasteiger partial charge in [-0.2, -0.15) is 0 Å². The molecule has 0 spiro atoms. The number of aliphatic carboxylic acids is 1. The van der Waals surface area contributed by atoms with Crippen LogP contribution in [0.25, 0.3) is 55.5 Å². The first kappa shape index (κ1) is 65.1. The Kier molecular flexibility index (Phi) is 23.0. The van der Waals surface area contributed by atoms with Crippen molar-refractivity contribution in [3.8, 4) is 11.4 Å². The molecule has 5 N–H and O–H groups in total. The van der Waals surface area contributed by atoms with Gasteiger partial charge in [-0.25, -0.2) is 45.4 Å². The van der Waals surface area contributed by atoms with Crippen molar-refractivity contribution in [2.75, 3.05) is 26.3 Å². The average Bonchev–Trinajstić information content (AvgIpc) is 1.17. The number of benzene rings is 4. The standard InChI is InChI=1S/C32H36N8O4.C32H35N7O4.CH2I2/c1-2-23(36-29-28-31(34-19-33-29)39(20-35-28)26-17-8-9-18-44-26)30-37-24-15-10-12-21(11-6-7-16-25(41)38-43)27(24)32(42)40(30)22-13-4-3-5-14-22;1-2-23(36-29-28-31(34-19-33-29)38(20-35-28)25-16-8-9-18-43-25)30-37-24-15-10-12-21(11-6-7-17-26(40)41)27(24)32(42)39(30)22-13-4-3-5-14-22;2-1-3/h3-5,10,12-15,19-20,23,26,43H,2,6-9,11,16-18H2,1H3,(H,38,41)(H,33,34,36);3-5,10,12-15,19-20,23,25H,2,6-9,11,16-18H2,1H3,(H,40,41)(H,33,34,36);1H2/t23-,26?;23-,25?;/m00./s1. The molecular weight excluding hydrogens is 1370 g/mol. The van der Waals surface area contributed by atoms with Crippen LogP contribution < -0.4 is 27.2 Å². The Hall–Kier alpha value is -7.86. The number of nitrogens with one attached hydrogen (secondary N) is 3. The summed E-state index contributed by atoms with van der Waals surface area (Å²) in [6.45, 7) is 5.50. The number of nitrogens with zero attached hydrogens (tertiary/aromatic N) is 12. The van der Waals surface area contributed by atoms with Crippen LogP contribution in [0.3, 0.4) is 0 Å². The quantitative estimate of drug-likeness (QED) is 0.0139. The van der Waals surface area contributed by atoms with Crippen LogP contribution in [0.15, 0.2) is 132 Å². The van der Waals surface area contributed by atoms with E-state index >= 15 is 0 Å². The van der Waals surface area contributed by atoms with Crippen LogP contribution in [0.4, 0.5) is 11.6 Å². The first-order valence-corrected chi connectivity index (χ1v) is 33.7. The number of imidazole rings is 2. The van der Waals surface area contributed by atoms with E-state index < -0.39 is 11.9 Å². The number of unbranched alkanes of at least 4 members (excludes halogenated alkanes) is 2. The summed E-state index contributed by atoms with van der Waals surface area (Å²) in [4.78, 5) is 88.7. The van der Waals surface area contributed by atoms with Crippen LogP contribution >= 0.6 is 45.2 Å². The van der Waals surface area contributed by atoms with Crippen LogP contribution in [0.5, 0.6) is 0 Å². The van der Waals surface area contributed by atoms with E-state index in [0.717, 1.165) is 49.7 Å². The Balaban J connectivity index is 0.000000190. The van der Waals surface area contributed by atoms with Crippen molar-refractivity contribution in [3.05, 3.63) is 166 Å². The number of alkyl halides is 2. The number of aryl methyl sites for hydroxylation is 2. The van der Waals surface area contributed by atoms with Gasteiger partial charge < -0.3 is 25.2 Å². The molecule has 4 aromatic carbocycles. The summed E-state index contributed by atoms with van der Waals surface area (Å²) in [5, 5.41) is 26.0. The smallest absolute Gasteiger partial charge is 0.303 e. The molecule has 12 rings (SSSR count). The highest BCUT2D eigenvalue weighted by Crippen LogP contribution is 2.33. The van der Waals surface area contributed by atoms with Gasteiger partial charge in [0.25, 0.3) is 11.1 Å². The van der Waals surface area contributed by atoms with Gasteiger partial charge in [-0.15, -0.1) is 0 Å². The Morgan fingerprint density at radius 2 is 1.03 bits per heavy atom. The predicted octanol–water partition coefficient (Wildman–Crippen LogP) is 12.4. The van der Waals surface area contributed by atoms with Gasteiger partial charge >= 0.3 is 5.97 Å². The monoisotopic (exact) mass is 1450 g/mol. The minimum atomic E-state index is -0.816. The minimum absolute atomic E-state index is 0.104. The third kappa shape index (κ3) is 15.1. The molecule has 2 saturated heterocycles. The second-order valence-electron chi connectivity index (χ2n) is 21.9. The second kappa shape index (κ2) is 31.7. The van der Waals surface area contributed by atoms with Crippen LogP contribution in [0.1, 0.15) is 151 Å². The number of fused-ring (bicyclic) bond motifs is 4. The number of carbonyl (C=O) groups excluding carboxylic acids is 1. The maximum Gasteiger partial charge on any atom is 0.303 e. The molecule has 1 amide bonds. The minimum Gasteiger partial charge on any atom is -0.481 e. The molecule has 2 fully saturated rings. The molecule has 0 saturated carbocycles. The van der Waals surface area contributed by atoms with Crippen LogP contribution in [-0.2, 0) is 31.9 Å². The topological polar surface area (TPSA) is 286 Å². The lowest BCUT2D eigenvalue weighted by Crippen LogP contribution is -2.29. The Labute approximate surface area is 546 Å². The fourth-order valence-electron chi connectivity index (χ4n) is 11.7. The lowest BCUT2D eigenvalue weighted by Gasteiger charge is -2.24. The highest BCUT2D eigenvalue weighted by molar-refractivity contribution is 14.2. The molecule has 470 valence electrons. The normalized spacial score (nSPS) is 15.6. The van der Waals surface area contributed by atoms with E-state index in [1.165, 1.54) is 15.1 Å². The van der Waals surface area contributed by atoms with Crippen molar-refractivity contribution in [3.63, 3.8) is 0 Å². The number of anilines is 2. The fraction of sp³-hybridized carbons (Fsp3) is 0.385. The van der Waals surface area contributed by atoms with E-state index in [9.17, 15) is 19.2 Å². The van der Waals surface area contributed by atoms with Gasteiger partial charge in [0.15, 0.2) is 34.0 Å². The number of ether oxygens (including phenoxy) is 2. The molecule has 2 aliphatic heterocycles. The van der Waals surface area contributed by atoms with Gasteiger partial charge in [0.05, 0.1) is 60.4 Å². The molecule has 0 radical (unpaired) electrons. The number of carboxylic acids is 1. The number of carboxylic acid groups (broad SMARTS) is 1. The number of carbonyl (C=O) groups is 2. The largest absolute Gasteiger partial charge is 0.481 e. The summed E-state index contributed by atoms with van der Waals surface area (Å²) in [5.41, 5.74) is 8.37. The van der Waals surface area contributed by atoms with Gasteiger partial charge in [0, 0.05) is 26.1 Å². The predicted molar refractivity (Wildman–Crippen MR) is 362 cm³/mol. The van der Waals surface area contributed by atoms with Gasteiger partial charge in [-0.1, -0.05) is 120 Å². The first-order valence-electron chi connectivity index (χ1n) is 30.6. The molecule has 2 aliphatic rings. The van der Waals surface area contributed by atoms with E-state index in [-0.39, 0.29) is 48.5 Å². The number of hydroxylamine groups is 1. The third-order valence-corrected chi connectivity index (χ3v) is 16.1. The summed E-state index contributed by atoms with van der Waals surface area (Å²) in [5.74, 6) is 1.02. The molecule has 25 heteroatoms. The second-order valence-corrected chi connectivity index (χ2v) is 26.3. The fourth-order valence-corrected chi connectivity index (χ4v) is 11.7. The maximum atomic E-state index is 14.4. The van der Waals surface area contributed by atoms with Crippen molar-refractivity contribution < 1.29 is 29.4 Å². The Morgan fingerprint density at radius 1 is 0.589 bits per heavy atom. The van der Waals surface area contributed by atoms with Crippen molar-refractivity contribution in [2.45, 2.75) is 141 Å². The molecule has 0 aliphatic carbocycles. The van der Waals surface area contributed by atoms with Crippen molar-refractivity contribution in [1.29, 1.82) is 0 Å². The lowest BCUT2D eigenvalue weighted by atomic mass is 10.0. The van der Waals surface area contributed by atoms with Crippen LogP contribution in [0.2, 0.25) is 0 Å². The van der Waals surface area contributed by atoms with Gasteiger partial charge in [0.2, 0.25) is 5.91 Å². The molecule has 90 heavy (non-hydrogen) atoms. The van der Waals surface area contributed by atoms with Gasteiger partial charge in [-0.05, 0) is 137 Å². The summed E-state index contributed by atoms with van der Waals surface area (Å²) in [6.07, 6.45) is 17.7. The van der Waals surface area contributed by atoms with Crippen LogP contribution in [-0.4, -0.2) is 96.0 Å². The number of hydrogen-bond donors (Lipinski definition) is 5. The average molecular weight is 1450 g/mol. The zero-order chi connectivity index (χ0) is 62.9. The third-order valence-electron chi connectivity index (χ3n) is 16.1. The molecule has 23 nitrogen and oxygen atoms in total. The number of hydrogen-bond acceptors (Lipinski definition) is 17. The highest BCUT2D eigenvalue weighted by Gasteiger charge is 2.28. The van der Waals surface area contributed by atoms with E-state index in [1.807, 2.05) is 120 Å². The Bertz CT molecular complexity index is 4170. The molecule has 6 aromatic heterocycles. The molecule has 10 aromatic rings. The first-order chi connectivity index (χ1) is 44.0. The lowest BCUT2D eigenvalue weighted by molar-refractivity contribution is -0.137. The van der Waals surface area contributed by atoms with E-state index in [1.54, 1.807) is 27.3 Å². The van der Waals surface area contributed by atoms with Crippen molar-refractivity contribution in [1.82, 2.24) is 63.6 Å². The van der Waals surface area contributed by atoms with Gasteiger partial charge in [-0.3, -0.25) is 42.7 Å². The summed E-state index contributed by atoms with van der Waals surface area (Å²) in [6, 6.07) is 29.7. The number of aromatic nitrogens is 12. The van der Waals surface area contributed by atoms with E-state index in [0.29, 0.717) is 143 Å². The number of amides is 1. The van der Waals surface area contributed by atoms with Crippen molar-refractivity contribution >= 4 is 113 Å². The number of rotatable bonds is 22. The summed E-state index contributed by atoms with van der Waals surface area (Å²) >= 11 is 4.55. The molecule has 8 heterocycles.